The summed E-state index contributed by atoms with van der Waals surface area (Å²) in [5.74, 6) is 0.166. The van der Waals surface area contributed by atoms with Gasteiger partial charge in [0, 0.05) is 50.9 Å². The summed E-state index contributed by atoms with van der Waals surface area (Å²) in [6, 6.07) is 0.156. The Morgan fingerprint density at radius 2 is 1.51 bits per heavy atom. The van der Waals surface area contributed by atoms with E-state index in [1.54, 1.807) is 11.9 Å². The van der Waals surface area contributed by atoms with Crippen LogP contribution < -0.4 is 10.6 Å². The van der Waals surface area contributed by atoms with Crippen LogP contribution in [0, 0.1) is 17.8 Å². The van der Waals surface area contributed by atoms with Gasteiger partial charge >= 0.3 is 0 Å². The number of likely N-dealkylation sites (tertiary alicyclic amines) is 1. The molecule has 1 unspecified atom stereocenters. The van der Waals surface area contributed by atoms with E-state index in [-0.39, 0.29) is 47.9 Å². The van der Waals surface area contributed by atoms with Gasteiger partial charge in [-0.05, 0) is 25.7 Å². The fourth-order valence-corrected chi connectivity index (χ4v) is 4.43. The van der Waals surface area contributed by atoms with E-state index < -0.39 is 0 Å². The molecular formula is C25H43N3O7. The van der Waals surface area contributed by atoms with Crippen molar-refractivity contribution in [1.82, 2.24) is 15.5 Å². The number of carbonyl (C=O) groups excluding carboxylic acids is 4. The average molecular weight is 498 g/mol. The number of hydrogen-bond acceptors (Lipinski definition) is 7. The minimum Gasteiger partial charge on any atom is -0.379 e. The Kier molecular flexibility index (Phi) is 13.2. The fraction of sp³-hybridized carbons (Fsp3) is 0.840. The van der Waals surface area contributed by atoms with Crippen LogP contribution in [-0.2, 0) is 33.4 Å². The van der Waals surface area contributed by atoms with Crippen LogP contribution in [0.3, 0.4) is 0 Å². The lowest BCUT2D eigenvalue weighted by Crippen LogP contribution is -2.39. The maximum atomic E-state index is 12.1. The molecule has 2 aliphatic rings. The molecule has 2 fully saturated rings. The predicted molar refractivity (Wildman–Crippen MR) is 130 cm³/mol. The Morgan fingerprint density at radius 1 is 0.914 bits per heavy atom. The van der Waals surface area contributed by atoms with Gasteiger partial charge < -0.3 is 29.7 Å². The topological polar surface area (TPSA) is 123 Å². The smallest absolute Gasteiger partial charge is 0.225 e. The summed E-state index contributed by atoms with van der Waals surface area (Å²) in [7, 11) is 1.70. The average Bonchev–Trinajstić information content (AvgIpc) is 3.17. The van der Waals surface area contributed by atoms with Crippen LogP contribution in [0.15, 0.2) is 0 Å². The van der Waals surface area contributed by atoms with Gasteiger partial charge in [-0.2, -0.15) is 0 Å². The number of amides is 3. The summed E-state index contributed by atoms with van der Waals surface area (Å²) in [5.41, 5.74) is 0. The van der Waals surface area contributed by atoms with Crippen molar-refractivity contribution >= 4 is 23.5 Å². The summed E-state index contributed by atoms with van der Waals surface area (Å²) in [5, 5.41) is 5.83. The Bertz CT molecular complexity index is 693. The van der Waals surface area contributed by atoms with Gasteiger partial charge in [0.25, 0.3) is 0 Å². The van der Waals surface area contributed by atoms with Crippen LogP contribution in [0.4, 0.5) is 0 Å². The SMILES string of the molecule is CC(C)C(=O)C1CCC(NC(=O)CCOCCOCCOCCNC(=O)C2CC(=O)N(C)C2)CC1. The monoisotopic (exact) mass is 497 g/mol. The molecule has 0 aromatic carbocycles. The molecule has 10 heteroatoms. The number of nitrogens with one attached hydrogen (secondary N) is 2. The van der Waals surface area contributed by atoms with Gasteiger partial charge in [-0.3, -0.25) is 19.2 Å². The molecule has 1 saturated heterocycles. The van der Waals surface area contributed by atoms with Gasteiger partial charge in [0.2, 0.25) is 17.7 Å². The molecule has 0 aromatic rings. The zero-order chi connectivity index (χ0) is 25.6. The predicted octanol–water partition coefficient (Wildman–Crippen LogP) is 0.921. The minimum atomic E-state index is -0.275. The van der Waals surface area contributed by atoms with Crippen molar-refractivity contribution in [3.8, 4) is 0 Å². The van der Waals surface area contributed by atoms with Crippen LogP contribution in [0.1, 0.15) is 52.4 Å². The number of carbonyl (C=O) groups is 4. The first-order valence-corrected chi connectivity index (χ1v) is 12.9. The summed E-state index contributed by atoms with van der Waals surface area (Å²) in [6.07, 6.45) is 4.01. The molecule has 2 N–H and O–H groups in total. The summed E-state index contributed by atoms with van der Waals surface area (Å²) < 4.78 is 16.3. The van der Waals surface area contributed by atoms with E-state index in [1.807, 2.05) is 13.8 Å². The number of nitrogens with zero attached hydrogens (tertiary/aromatic N) is 1. The molecule has 1 heterocycles. The lowest BCUT2D eigenvalue weighted by Gasteiger charge is -2.29. The standard InChI is InChI=1S/C25H43N3O7/c1-18(2)24(31)19-4-6-21(7-5-19)27-22(29)8-10-33-12-14-35-15-13-34-11-9-26-25(32)20-16-23(30)28(3)17-20/h18-21H,4-17H2,1-3H3,(H,26,32)(H,27,29). The summed E-state index contributed by atoms with van der Waals surface area (Å²) in [6.45, 7) is 7.13. The highest BCUT2D eigenvalue weighted by molar-refractivity contribution is 5.89. The number of Topliss-reactive ketones (excluding diaryl/α,β-unsaturated/α-hetero) is 1. The van der Waals surface area contributed by atoms with E-state index in [0.29, 0.717) is 64.9 Å². The molecular weight excluding hydrogens is 454 g/mol. The molecule has 1 aliphatic heterocycles. The molecule has 0 aromatic heterocycles. The van der Waals surface area contributed by atoms with Crippen molar-refractivity contribution in [2.45, 2.75) is 58.4 Å². The van der Waals surface area contributed by atoms with Crippen LogP contribution >= 0.6 is 0 Å². The summed E-state index contributed by atoms with van der Waals surface area (Å²) in [4.78, 5) is 49.2. The molecule has 35 heavy (non-hydrogen) atoms. The van der Waals surface area contributed by atoms with Gasteiger partial charge in [-0.15, -0.1) is 0 Å². The third-order valence-corrected chi connectivity index (χ3v) is 6.54. The molecule has 1 saturated carbocycles. The van der Waals surface area contributed by atoms with E-state index in [1.165, 1.54) is 0 Å². The molecule has 2 rings (SSSR count). The van der Waals surface area contributed by atoms with Crippen LogP contribution in [0.5, 0.6) is 0 Å². The van der Waals surface area contributed by atoms with Gasteiger partial charge in [0.15, 0.2) is 0 Å². The van der Waals surface area contributed by atoms with Crippen LogP contribution in [0.2, 0.25) is 0 Å². The third kappa shape index (κ3) is 11.0. The van der Waals surface area contributed by atoms with Crippen LogP contribution in [-0.4, -0.2) is 94.2 Å². The second-order valence-electron chi connectivity index (χ2n) is 9.73. The highest BCUT2D eigenvalue weighted by Gasteiger charge is 2.31. The number of rotatable bonds is 16. The second kappa shape index (κ2) is 15.9. The van der Waals surface area contributed by atoms with E-state index in [4.69, 9.17) is 14.2 Å². The first kappa shape index (κ1) is 29.2. The van der Waals surface area contributed by atoms with Crippen molar-refractivity contribution in [1.29, 1.82) is 0 Å². The molecule has 200 valence electrons. The lowest BCUT2D eigenvalue weighted by molar-refractivity contribution is -0.128. The molecule has 10 nitrogen and oxygen atoms in total. The van der Waals surface area contributed by atoms with Crippen LogP contribution in [0.25, 0.3) is 0 Å². The zero-order valence-electron chi connectivity index (χ0n) is 21.5. The van der Waals surface area contributed by atoms with Gasteiger partial charge in [0.05, 0.1) is 45.6 Å². The Balaban J connectivity index is 1.35. The molecule has 0 spiro atoms. The summed E-state index contributed by atoms with van der Waals surface area (Å²) >= 11 is 0. The van der Waals surface area contributed by atoms with Crippen molar-refractivity contribution < 1.29 is 33.4 Å². The molecule has 0 radical (unpaired) electrons. The quantitative estimate of drug-likeness (QED) is 0.304. The van der Waals surface area contributed by atoms with Gasteiger partial charge in [0.1, 0.15) is 5.78 Å². The molecule has 0 bridgehead atoms. The lowest BCUT2D eigenvalue weighted by atomic mass is 9.80. The van der Waals surface area contributed by atoms with Crippen molar-refractivity contribution in [2.75, 3.05) is 59.8 Å². The van der Waals surface area contributed by atoms with Crippen molar-refractivity contribution in [3.05, 3.63) is 0 Å². The van der Waals surface area contributed by atoms with Crippen molar-refractivity contribution in [3.63, 3.8) is 0 Å². The highest BCUT2D eigenvalue weighted by atomic mass is 16.5. The maximum absolute atomic E-state index is 12.1. The minimum absolute atomic E-state index is 0.0000792. The number of ether oxygens (including phenoxy) is 3. The van der Waals surface area contributed by atoms with E-state index in [0.717, 1.165) is 25.7 Å². The molecule has 3 amide bonds. The Hall–Kier alpha value is -2.04. The Labute approximate surface area is 208 Å². The number of hydrogen-bond donors (Lipinski definition) is 2. The first-order valence-electron chi connectivity index (χ1n) is 12.9. The normalized spacial score (nSPS) is 22.5. The zero-order valence-corrected chi connectivity index (χ0v) is 21.5. The number of ketones is 1. The largest absolute Gasteiger partial charge is 0.379 e. The van der Waals surface area contributed by atoms with E-state index >= 15 is 0 Å². The fourth-order valence-electron chi connectivity index (χ4n) is 4.43. The van der Waals surface area contributed by atoms with Gasteiger partial charge in [-0.25, -0.2) is 0 Å². The van der Waals surface area contributed by atoms with Gasteiger partial charge in [-0.1, -0.05) is 13.8 Å². The highest BCUT2D eigenvalue weighted by Crippen LogP contribution is 2.27. The molecule has 1 aliphatic carbocycles. The second-order valence-corrected chi connectivity index (χ2v) is 9.73. The van der Waals surface area contributed by atoms with E-state index in [9.17, 15) is 19.2 Å². The maximum Gasteiger partial charge on any atom is 0.225 e. The first-order chi connectivity index (χ1) is 16.8. The Morgan fingerprint density at radius 3 is 2.09 bits per heavy atom. The molecule has 1 atom stereocenters. The van der Waals surface area contributed by atoms with E-state index in [2.05, 4.69) is 10.6 Å². The van der Waals surface area contributed by atoms with Crippen molar-refractivity contribution in [2.24, 2.45) is 17.8 Å². The third-order valence-electron chi connectivity index (χ3n) is 6.54.